The molecule has 1 N–H and O–H groups in total. The average molecular weight is 372 g/mol. The summed E-state index contributed by atoms with van der Waals surface area (Å²) in [6, 6.07) is 8.15. The van der Waals surface area contributed by atoms with Gasteiger partial charge >= 0.3 is 11.7 Å². The highest BCUT2D eigenvalue weighted by molar-refractivity contribution is 5.94. The van der Waals surface area contributed by atoms with E-state index < -0.39 is 11.2 Å². The van der Waals surface area contributed by atoms with E-state index in [1.807, 2.05) is 20.8 Å². The van der Waals surface area contributed by atoms with Crippen LogP contribution in [-0.4, -0.2) is 35.6 Å². The van der Waals surface area contributed by atoms with Crippen molar-refractivity contribution in [1.82, 2.24) is 4.90 Å². The molecule has 0 spiro atoms. The van der Waals surface area contributed by atoms with E-state index >= 15 is 0 Å². The van der Waals surface area contributed by atoms with Gasteiger partial charge < -0.3 is 19.4 Å². The number of anilines is 1. The van der Waals surface area contributed by atoms with Crippen molar-refractivity contribution in [3.63, 3.8) is 0 Å². The second-order valence-corrected chi connectivity index (χ2v) is 7.74. The highest BCUT2D eigenvalue weighted by atomic mass is 16.6. The molecule has 0 bridgehead atoms. The van der Waals surface area contributed by atoms with Crippen LogP contribution < -0.4 is 10.9 Å². The van der Waals surface area contributed by atoms with Gasteiger partial charge in [0.15, 0.2) is 0 Å². The fourth-order valence-corrected chi connectivity index (χ4v) is 3.04. The molecule has 7 heteroatoms. The van der Waals surface area contributed by atoms with Crippen molar-refractivity contribution < 1.29 is 18.7 Å². The zero-order valence-corrected chi connectivity index (χ0v) is 15.8. The molecule has 0 unspecified atom stereocenters. The molecule has 0 radical (unpaired) electrons. The Morgan fingerprint density at radius 3 is 2.52 bits per heavy atom. The second kappa shape index (κ2) is 7.42. The van der Waals surface area contributed by atoms with Crippen LogP contribution in [0.3, 0.4) is 0 Å². The van der Waals surface area contributed by atoms with E-state index in [1.54, 1.807) is 29.2 Å². The molecule has 1 aromatic carbocycles. The van der Waals surface area contributed by atoms with Crippen LogP contribution in [0.15, 0.2) is 39.5 Å². The fourth-order valence-electron chi connectivity index (χ4n) is 3.04. The van der Waals surface area contributed by atoms with Gasteiger partial charge in [-0.15, -0.1) is 0 Å². The zero-order chi connectivity index (χ0) is 19.6. The molecular formula is C20H24N2O5. The molecule has 0 saturated carbocycles. The van der Waals surface area contributed by atoms with Crippen molar-refractivity contribution in [1.29, 1.82) is 0 Å². The first kappa shape index (κ1) is 18.9. The minimum atomic E-state index is -0.527. The van der Waals surface area contributed by atoms with Crippen molar-refractivity contribution in [3.05, 3.63) is 40.8 Å². The summed E-state index contributed by atoms with van der Waals surface area (Å²) < 4.78 is 10.5. The Bertz CT molecular complexity index is 904. The molecule has 0 aliphatic carbocycles. The van der Waals surface area contributed by atoms with Crippen LogP contribution in [0.5, 0.6) is 0 Å². The summed E-state index contributed by atoms with van der Waals surface area (Å²) in [6.45, 7) is 6.49. The van der Waals surface area contributed by atoms with Crippen molar-refractivity contribution in [2.45, 2.75) is 39.2 Å². The van der Waals surface area contributed by atoms with Crippen LogP contribution in [0.1, 0.15) is 33.6 Å². The van der Waals surface area contributed by atoms with E-state index in [4.69, 9.17) is 9.15 Å². The Labute approximate surface area is 157 Å². The Morgan fingerprint density at radius 1 is 1.15 bits per heavy atom. The Hall–Kier alpha value is -2.83. The number of nitrogens with one attached hydrogen (secondary N) is 1. The van der Waals surface area contributed by atoms with E-state index in [0.717, 1.165) is 5.39 Å². The quantitative estimate of drug-likeness (QED) is 0.817. The molecule has 1 saturated heterocycles. The number of carbonyl (C=O) groups is 2. The molecule has 2 amide bonds. The van der Waals surface area contributed by atoms with Gasteiger partial charge in [-0.3, -0.25) is 4.79 Å². The number of fused-ring (bicyclic) bond motifs is 1. The van der Waals surface area contributed by atoms with Gasteiger partial charge in [0.25, 0.3) is 0 Å². The third kappa shape index (κ3) is 4.87. The lowest BCUT2D eigenvalue weighted by atomic mass is 9.96. The number of hydrogen-bond donors (Lipinski definition) is 1. The van der Waals surface area contributed by atoms with E-state index in [-0.39, 0.29) is 17.9 Å². The maximum atomic E-state index is 12.5. The number of rotatable bonds is 2. The topological polar surface area (TPSA) is 88.8 Å². The van der Waals surface area contributed by atoms with E-state index in [1.165, 1.54) is 6.07 Å². The molecule has 27 heavy (non-hydrogen) atoms. The molecule has 1 aliphatic heterocycles. The maximum Gasteiger partial charge on any atom is 0.410 e. The molecule has 1 aliphatic rings. The van der Waals surface area contributed by atoms with Crippen LogP contribution in [0.25, 0.3) is 11.0 Å². The molecule has 144 valence electrons. The summed E-state index contributed by atoms with van der Waals surface area (Å²) in [5.74, 6) is -0.233. The maximum absolute atomic E-state index is 12.5. The minimum Gasteiger partial charge on any atom is -0.444 e. The second-order valence-electron chi connectivity index (χ2n) is 7.74. The Balaban J connectivity index is 1.57. The molecule has 1 aromatic heterocycles. The number of nitrogens with zero attached hydrogens (tertiary/aromatic N) is 1. The van der Waals surface area contributed by atoms with Gasteiger partial charge in [-0.1, -0.05) is 0 Å². The first-order valence-corrected chi connectivity index (χ1v) is 9.04. The predicted octanol–water partition coefficient (Wildman–Crippen LogP) is 3.38. The third-order valence-electron chi connectivity index (χ3n) is 4.40. The predicted molar refractivity (Wildman–Crippen MR) is 102 cm³/mol. The highest BCUT2D eigenvalue weighted by Crippen LogP contribution is 2.23. The van der Waals surface area contributed by atoms with Crippen molar-refractivity contribution in [2.75, 3.05) is 18.4 Å². The average Bonchev–Trinajstić information content (AvgIpc) is 2.60. The third-order valence-corrected chi connectivity index (χ3v) is 4.40. The number of benzene rings is 1. The van der Waals surface area contributed by atoms with Gasteiger partial charge in [0, 0.05) is 36.1 Å². The van der Waals surface area contributed by atoms with Crippen molar-refractivity contribution in [2.24, 2.45) is 5.92 Å². The lowest BCUT2D eigenvalue weighted by Gasteiger charge is -2.32. The number of piperidine rings is 1. The van der Waals surface area contributed by atoms with Crippen molar-refractivity contribution >= 4 is 28.7 Å². The standard InChI is InChI=1S/C20H24N2O5/c1-20(2,3)27-19(25)22-10-8-13(9-11-22)18(24)21-15-5-6-16-14(12-15)4-7-17(23)26-16/h4-7,12-13H,8-11H2,1-3H3,(H,21,24). The number of hydrogen-bond acceptors (Lipinski definition) is 5. The molecule has 3 rings (SSSR count). The van der Waals surface area contributed by atoms with Gasteiger partial charge in [0.2, 0.25) is 5.91 Å². The first-order valence-electron chi connectivity index (χ1n) is 9.04. The molecular weight excluding hydrogens is 348 g/mol. The summed E-state index contributed by atoms with van der Waals surface area (Å²) in [5, 5.41) is 3.65. The summed E-state index contributed by atoms with van der Waals surface area (Å²) in [6.07, 6.45) is 0.846. The normalized spacial score (nSPS) is 15.6. The first-order chi connectivity index (χ1) is 12.7. The monoisotopic (exact) mass is 372 g/mol. The van der Waals surface area contributed by atoms with Crippen LogP contribution in [0, 0.1) is 5.92 Å². The zero-order valence-electron chi connectivity index (χ0n) is 15.8. The lowest BCUT2D eigenvalue weighted by Crippen LogP contribution is -2.43. The lowest BCUT2D eigenvalue weighted by molar-refractivity contribution is -0.121. The minimum absolute atomic E-state index is 0.0735. The van der Waals surface area contributed by atoms with E-state index in [9.17, 15) is 14.4 Å². The van der Waals surface area contributed by atoms with Gasteiger partial charge in [-0.05, 0) is 57.9 Å². The largest absolute Gasteiger partial charge is 0.444 e. The molecule has 0 atom stereocenters. The van der Waals surface area contributed by atoms with Crippen LogP contribution in [-0.2, 0) is 9.53 Å². The Kier molecular flexibility index (Phi) is 5.21. The van der Waals surface area contributed by atoms with Crippen molar-refractivity contribution in [3.8, 4) is 0 Å². The number of carbonyl (C=O) groups excluding carboxylic acids is 2. The molecule has 2 heterocycles. The Morgan fingerprint density at radius 2 is 1.85 bits per heavy atom. The summed E-state index contributed by atoms with van der Waals surface area (Å²) in [4.78, 5) is 37.5. The van der Waals surface area contributed by atoms with Crippen LogP contribution in [0.4, 0.5) is 10.5 Å². The smallest absolute Gasteiger partial charge is 0.410 e. The van der Waals surface area contributed by atoms with E-state index in [0.29, 0.717) is 37.2 Å². The van der Waals surface area contributed by atoms with Gasteiger partial charge in [0.1, 0.15) is 11.2 Å². The summed E-state index contributed by atoms with van der Waals surface area (Å²) in [7, 11) is 0. The SMILES string of the molecule is CC(C)(C)OC(=O)N1CCC(C(=O)Nc2ccc3oc(=O)ccc3c2)CC1. The van der Waals surface area contributed by atoms with Gasteiger partial charge in [0.05, 0.1) is 0 Å². The summed E-state index contributed by atoms with van der Waals surface area (Å²) >= 11 is 0. The highest BCUT2D eigenvalue weighted by Gasteiger charge is 2.29. The van der Waals surface area contributed by atoms with Crippen LogP contribution >= 0.6 is 0 Å². The fraction of sp³-hybridized carbons (Fsp3) is 0.450. The molecule has 7 nitrogen and oxygen atoms in total. The van der Waals surface area contributed by atoms with Gasteiger partial charge in [-0.25, -0.2) is 9.59 Å². The number of amides is 2. The number of ether oxygens (including phenoxy) is 1. The van der Waals surface area contributed by atoms with Gasteiger partial charge in [-0.2, -0.15) is 0 Å². The van der Waals surface area contributed by atoms with E-state index in [2.05, 4.69) is 5.32 Å². The number of likely N-dealkylation sites (tertiary alicyclic amines) is 1. The molecule has 1 fully saturated rings. The molecule has 2 aromatic rings. The van der Waals surface area contributed by atoms with Crippen LogP contribution in [0.2, 0.25) is 0 Å². The summed E-state index contributed by atoms with van der Waals surface area (Å²) in [5.41, 5.74) is 0.193.